The van der Waals surface area contributed by atoms with Crippen LogP contribution in [0.25, 0.3) is 0 Å². The SMILES string of the molecule is COCc1ccoc1C(C)CN. The van der Waals surface area contributed by atoms with Crippen molar-refractivity contribution in [2.75, 3.05) is 13.7 Å². The van der Waals surface area contributed by atoms with Gasteiger partial charge in [0.1, 0.15) is 5.76 Å². The summed E-state index contributed by atoms with van der Waals surface area (Å²) < 4.78 is 10.3. The number of ether oxygens (including phenoxy) is 1. The molecule has 1 aromatic heterocycles. The minimum atomic E-state index is 0.269. The lowest BCUT2D eigenvalue weighted by molar-refractivity contribution is 0.182. The Morgan fingerprint density at radius 1 is 1.67 bits per heavy atom. The Morgan fingerprint density at radius 2 is 2.42 bits per heavy atom. The molecule has 0 bridgehead atoms. The van der Waals surface area contributed by atoms with Gasteiger partial charge in [0.05, 0.1) is 12.9 Å². The van der Waals surface area contributed by atoms with Crippen LogP contribution in [-0.4, -0.2) is 13.7 Å². The van der Waals surface area contributed by atoms with Gasteiger partial charge < -0.3 is 14.9 Å². The van der Waals surface area contributed by atoms with Gasteiger partial charge in [-0.1, -0.05) is 6.92 Å². The van der Waals surface area contributed by atoms with E-state index in [1.165, 1.54) is 0 Å². The summed E-state index contributed by atoms with van der Waals surface area (Å²) in [6.07, 6.45) is 1.68. The molecule has 0 fully saturated rings. The molecule has 1 unspecified atom stereocenters. The average Bonchev–Trinajstić information content (AvgIpc) is 2.52. The number of hydrogen-bond donors (Lipinski definition) is 1. The zero-order chi connectivity index (χ0) is 8.97. The van der Waals surface area contributed by atoms with Crippen LogP contribution in [0.1, 0.15) is 24.2 Å². The second-order valence-electron chi connectivity index (χ2n) is 2.88. The molecule has 0 radical (unpaired) electrons. The molecule has 2 N–H and O–H groups in total. The standard InChI is InChI=1S/C9H15NO2/c1-7(5-10)9-8(6-11-2)3-4-12-9/h3-4,7H,5-6,10H2,1-2H3. The van der Waals surface area contributed by atoms with Crippen LogP contribution in [-0.2, 0) is 11.3 Å². The third-order valence-corrected chi connectivity index (χ3v) is 1.88. The molecule has 1 rings (SSSR count). The first-order valence-electron chi connectivity index (χ1n) is 4.04. The number of nitrogens with two attached hydrogens (primary N) is 1. The highest BCUT2D eigenvalue weighted by molar-refractivity contribution is 5.19. The Kier molecular flexibility index (Phi) is 3.31. The maximum Gasteiger partial charge on any atom is 0.113 e. The predicted molar refractivity (Wildman–Crippen MR) is 46.9 cm³/mol. The van der Waals surface area contributed by atoms with Crippen molar-refractivity contribution in [1.82, 2.24) is 0 Å². The molecule has 0 saturated carbocycles. The number of methoxy groups -OCH3 is 1. The lowest BCUT2D eigenvalue weighted by Crippen LogP contribution is -2.09. The van der Waals surface area contributed by atoms with Gasteiger partial charge >= 0.3 is 0 Å². The van der Waals surface area contributed by atoms with Gasteiger partial charge in [-0.3, -0.25) is 0 Å². The van der Waals surface area contributed by atoms with Crippen LogP contribution in [0.4, 0.5) is 0 Å². The summed E-state index contributed by atoms with van der Waals surface area (Å²) >= 11 is 0. The van der Waals surface area contributed by atoms with Crippen molar-refractivity contribution in [3.63, 3.8) is 0 Å². The largest absolute Gasteiger partial charge is 0.469 e. The third kappa shape index (κ3) is 1.87. The molecule has 0 aliphatic rings. The molecule has 12 heavy (non-hydrogen) atoms. The van der Waals surface area contributed by atoms with E-state index >= 15 is 0 Å². The van der Waals surface area contributed by atoms with E-state index in [0.29, 0.717) is 13.2 Å². The lowest BCUT2D eigenvalue weighted by Gasteiger charge is -2.07. The summed E-state index contributed by atoms with van der Waals surface area (Å²) in [5.41, 5.74) is 6.62. The first-order valence-corrected chi connectivity index (χ1v) is 4.04. The minimum Gasteiger partial charge on any atom is -0.469 e. The smallest absolute Gasteiger partial charge is 0.113 e. The van der Waals surface area contributed by atoms with Crippen LogP contribution < -0.4 is 5.73 Å². The summed E-state index contributed by atoms with van der Waals surface area (Å²) in [5, 5.41) is 0. The maximum absolute atomic E-state index is 5.53. The molecule has 1 aromatic rings. The highest BCUT2D eigenvalue weighted by atomic mass is 16.5. The van der Waals surface area contributed by atoms with Crippen LogP contribution in [0.3, 0.4) is 0 Å². The van der Waals surface area contributed by atoms with Crippen molar-refractivity contribution in [2.45, 2.75) is 19.4 Å². The van der Waals surface area contributed by atoms with Crippen LogP contribution in [0.15, 0.2) is 16.7 Å². The minimum absolute atomic E-state index is 0.269. The first-order chi connectivity index (χ1) is 5.79. The van der Waals surface area contributed by atoms with E-state index < -0.39 is 0 Å². The van der Waals surface area contributed by atoms with Crippen LogP contribution in [0, 0.1) is 0 Å². The second kappa shape index (κ2) is 4.28. The van der Waals surface area contributed by atoms with Gasteiger partial charge in [-0.15, -0.1) is 0 Å². The van der Waals surface area contributed by atoms with Gasteiger partial charge in [0.15, 0.2) is 0 Å². The summed E-state index contributed by atoms with van der Waals surface area (Å²) in [7, 11) is 1.67. The molecule has 0 saturated heterocycles. The maximum atomic E-state index is 5.53. The number of furan rings is 1. The molecular formula is C9H15NO2. The monoisotopic (exact) mass is 169 g/mol. The summed E-state index contributed by atoms with van der Waals surface area (Å²) in [4.78, 5) is 0. The van der Waals surface area contributed by atoms with Crippen LogP contribution in [0.5, 0.6) is 0 Å². The van der Waals surface area contributed by atoms with E-state index in [1.54, 1.807) is 13.4 Å². The summed E-state index contributed by atoms with van der Waals surface area (Å²) in [6.45, 7) is 3.23. The fourth-order valence-electron chi connectivity index (χ4n) is 1.16. The second-order valence-corrected chi connectivity index (χ2v) is 2.88. The lowest BCUT2D eigenvalue weighted by atomic mass is 10.1. The predicted octanol–water partition coefficient (Wildman–Crippen LogP) is 1.49. The average molecular weight is 169 g/mol. The quantitative estimate of drug-likeness (QED) is 0.742. The van der Waals surface area contributed by atoms with Gasteiger partial charge in [0, 0.05) is 25.1 Å². The Hall–Kier alpha value is -0.800. The van der Waals surface area contributed by atoms with Gasteiger partial charge in [-0.2, -0.15) is 0 Å². The number of rotatable bonds is 4. The highest BCUT2D eigenvalue weighted by Gasteiger charge is 2.12. The van der Waals surface area contributed by atoms with Crippen molar-refractivity contribution in [1.29, 1.82) is 0 Å². The molecule has 3 nitrogen and oxygen atoms in total. The zero-order valence-corrected chi connectivity index (χ0v) is 7.54. The first kappa shape index (κ1) is 9.29. The Balaban J connectivity index is 2.76. The van der Waals surface area contributed by atoms with E-state index in [4.69, 9.17) is 14.9 Å². The van der Waals surface area contributed by atoms with Crippen molar-refractivity contribution in [2.24, 2.45) is 5.73 Å². The van der Waals surface area contributed by atoms with Crippen LogP contribution >= 0.6 is 0 Å². The van der Waals surface area contributed by atoms with E-state index in [1.807, 2.05) is 13.0 Å². The molecule has 0 aromatic carbocycles. The molecule has 0 aliphatic carbocycles. The van der Waals surface area contributed by atoms with E-state index in [2.05, 4.69) is 0 Å². The molecular weight excluding hydrogens is 154 g/mol. The van der Waals surface area contributed by atoms with Crippen LogP contribution in [0.2, 0.25) is 0 Å². The summed E-state index contributed by atoms with van der Waals surface area (Å²) in [5.74, 6) is 1.21. The van der Waals surface area contributed by atoms with Crippen molar-refractivity contribution in [3.05, 3.63) is 23.7 Å². The molecule has 1 atom stereocenters. The Labute approximate surface area is 72.5 Å². The van der Waals surface area contributed by atoms with E-state index in [9.17, 15) is 0 Å². The molecule has 0 aliphatic heterocycles. The topological polar surface area (TPSA) is 48.4 Å². The van der Waals surface area contributed by atoms with E-state index in [-0.39, 0.29) is 5.92 Å². The van der Waals surface area contributed by atoms with Gasteiger partial charge in [0.25, 0.3) is 0 Å². The molecule has 0 spiro atoms. The molecule has 1 heterocycles. The highest BCUT2D eigenvalue weighted by Crippen LogP contribution is 2.20. The van der Waals surface area contributed by atoms with Crippen molar-refractivity contribution >= 4 is 0 Å². The summed E-state index contributed by atoms with van der Waals surface area (Å²) in [6, 6.07) is 1.92. The molecule has 68 valence electrons. The zero-order valence-electron chi connectivity index (χ0n) is 7.54. The van der Waals surface area contributed by atoms with E-state index in [0.717, 1.165) is 11.3 Å². The van der Waals surface area contributed by atoms with Gasteiger partial charge in [-0.25, -0.2) is 0 Å². The van der Waals surface area contributed by atoms with Gasteiger partial charge in [0.2, 0.25) is 0 Å². The van der Waals surface area contributed by atoms with Gasteiger partial charge in [-0.05, 0) is 6.07 Å². The molecule has 0 amide bonds. The van der Waals surface area contributed by atoms with Crippen molar-refractivity contribution in [3.8, 4) is 0 Å². The normalized spacial score (nSPS) is 13.2. The fraction of sp³-hybridized carbons (Fsp3) is 0.556. The number of hydrogen-bond acceptors (Lipinski definition) is 3. The Bertz CT molecular complexity index is 232. The third-order valence-electron chi connectivity index (χ3n) is 1.88. The van der Waals surface area contributed by atoms with Crippen molar-refractivity contribution < 1.29 is 9.15 Å². The fourth-order valence-corrected chi connectivity index (χ4v) is 1.16. The Morgan fingerprint density at radius 3 is 3.00 bits per heavy atom. The molecule has 3 heteroatoms.